The summed E-state index contributed by atoms with van der Waals surface area (Å²) in [5, 5.41) is 1.12. The van der Waals surface area contributed by atoms with Gasteiger partial charge >= 0.3 is 0 Å². The van der Waals surface area contributed by atoms with E-state index in [1.807, 2.05) is 103 Å². The molecule has 1 aromatic heterocycles. The molecule has 0 fully saturated rings. The van der Waals surface area contributed by atoms with Crippen molar-refractivity contribution in [3.8, 4) is 67.3 Å². The summed E-state index contributed by atoms with van der Waals surface area (Å²) in [7, 11) is 0. The quantitative estimate of drug-likeness (QED) is 0.187. The normalized spacial score (nSPS) is 17.2. The largest absolute Gasteiger partial charge is 0.228 e. The van der Waals surface area contributed by atoms with Gasteiger partial charge in [0.1, 0.15) is 0 Å². The van der Waals surface area contributed by atoms with Crippen molar-refractivity contribution in [1.29, 1.82) is 0 Å². The smallest absolute Gasteiger partial charge is 0.160 e. The summed E-state index contributed by atoms with van der Waals surface area (Å²) in [4.78, 5) is 10.0. The summed E-state index contributed by atoms with van der Waals surface area (Å²) in [5.74, 6) is 0.470. The number of fused-ring (bicyclic) bond motifs is 4. The van der Waals surface area contributed by atoms with Crippen LogP contribution in [0.3, 0.4) is 0 Å². The average Bonchev–Trinajstić information content (AvgIpc) is 3.62. The van der Waals surface area contributed by atoms with Crippen molar-refractivity contribution in [2.45, 2.75) is 19.1 Å². The van der Waals surface area contributed by atoms with Crippen molar-refractivity contribution < 1.29 is 17.8 Å². The summed E-state index contributed by atoms with van der Waals surface area (Å²) >= 11 is 0. The van der Waals surface area contributed by atoms with Crippen LogP contribution >= 0.6 is 0 Å². The van der Waals surface area contributed by atoms with Crippen molar-refractivity contribution in [1.82, 2.24) is 9.97 Å². The molecule has 2 heteroatoms. The fourth-order valence-electron chi connectivity index (χ4n) is 6.57. The van der Waals surface area contributed by atoms with E-state index in [1.54, 1.807) is 24.3 Å². The minimum Gasteiger partial charge on any atom is -0.228 e. The van der Waals surface area contributed by atoms with E-state index < -0.39 is 83.7 Å². The number of nitrogens with zero attached hydrogens (tertiary/aromatic N) is 2. The van der Waals surface area contributed by atoms with Crippen LogP contribution < -0.4 is 0 Å². The molecule has 232 valence electrons. The van der Waals surface area contributed by atoms with E-state index in [9.17, 15) is 4.11 Å². The third kappa shape index (κ3) is 4.96. The Morgan fingerprint density at radius 1 is 0.469 bits per heavy atom. The highest BCUT2D eigenvalue weighted by molar-refractivity contribution is 6.05. The molecule has 1 aliphatic rings. The minimum absolute atomic E-state index is 0.218. The van der Waals surface area contributed by atoms with Gasteiger partial charge in [-0.2, -0.15) is 0 Å². The Kier molecular flexibility index (Phi) is 4.34. The molecule has 1 heterocycles. The van der Waals surface area contributed by atoms with E-state index in [2.05, 4.69) is 0 Å². The molecule has 0 bridgehead atoms. The van der Waals surface area contributed by atoms with Gasteiger partial charge in [0.2, 0.25) is 0 Å². The maximum absolute atomic E-state index is 9.71. The SMILES string of the molecule is [2H]c1c([2H])c([2H])c2c(c1[2H])-c1c([2H])c([2H])c(-c3ccc(-c4cc(-c5ccc(-c6ccccc6)cc5)nc(-c5ccccc5)n4)c4ccccc34)c([2H])c1C2(C([2H])([2H])[2H])C([2H])([2H])[2H]. The number of rotatable bonds is 5. The molecule has 0 spiro atoms. The maximum atomic E-state index is 9.71. The molecule has 0 saturated heterocycles. The lowest BCUT2D eigenvalue weighted by Gasteiger charge is -2.22. The number of benzene rings is 7. The van der Waals surface area contributed by atoms with Crippen LogP contribution in [0.1, 0.15) is 42.7 Å². The van der Waals surface area contributed by atoms with Crippen molar-refractivity contribution in [2.24, 2.45) is 0 Å². The van der Waals surface area contributed by atoms with Crippen LogP contribution in [0.15, 0.2) is 170 Å². The standard InChI is InChI=1S/C47H34N2/c1-47(2)42-20-12-11-19-39(42)40-26-25-35(29-43(40)47)36-27-28-41(38-18-10-9-17-37(36)38)45-30-44(48-46(49-45)34-15-7-4-8-16-34)33-23-21-32(22-24-33)31-13-5-3-6-14-31/h3-30H,1-2H3/i1D3,2D3,11D,12D,19D,20D,25D,26D,29D. The zero-order valence-corrected chi connectivity index (χ0v) is 26.0. The van der Waals surface area contributed by atoms with Crippen LogP contribution in [0.25, 0.3) is 78.1 Å². The molecule has 1 aliphatic carbocycles. The predicted molar refractivity (Wildman–Crippen MR) is 204 cm³/mol. The molecular formula is C47H34N2. The Labute approximate surface area is 305 Å². The molecule has 49 heavy (non-hydrogen) atoms. The first-order valence-electron chi connectivity index (χ1n) is 22.4. The zero-order chi connectivity index (χ0) is 44.0. The monoisotopic (exact) mass is 639 g/mol. The van der Waals surface area contributed by atoms with Crippen LogP contribution in [0, 0.1) is 0 Å². The van der Waals surface area contributed by atoms with Gasteiger partial charge in [-0.05, 0) is 67.4 Å². The number of hydrogen-bond donors (Lipinski definition) is 0. The molecule has 2 nitrogen and oxygen atoms in total. The first-order valence-corrected chi connectivity index (χ1v) is 15.9. The lowest BCUT2D eigenvalue weighted by atomic mass is 9.81. The van der Waals surface area contributed by atoms with Crippen LogP contribution in [0.5, 0.6) is 0 Å². The Balaban J connectivity index is 1.29. The highest BCUT2D eigenvalue weighted by atomic mass is 14.9. The van der Waals surface area contributed by atoms with Crippen molar-refractivity contribution >= 4 is 10.8 Å². The highest BCUT2D eigenvalue weighted by Crippen LogP contribution is 2.50. The highest BCUT2D eigenvalue weighted by Gasteiger charge is 2.35. The molecule has 7 aromatic carbocycles. The van der Waals surface area contributed by atoms with E-state index in [-0.39, 0.29) is 11.1 Å². The van der Waals surface area contributed by atoms with Gasteiger partial charge in [-0.3, -0.25) is 0 Å². The molecule has 0 unspecified atom stereocenters. The first kappa shape index (κ1) is 18.4. The topological polar surface area (TPSA) is 25.8 Å². The zero-order valence-electron chi connectivity index (χ0n) is 39.0. The van der Waals surface area contributed by atoms with Crippen LogP contribution in [-0.2, 0) is 5.41 Å². The van der Waals surface area contributed by atoms with E-state index >= 15 is 0 Å². The van der Waals surface area contributed by atoms with Gasteiger partial charge in [0.25, 0.3) is 0 Å². The van der Waals surface area contributed by atoms with E-state index in [0.29, 0.717) is 33.5 Å². The Morgan fingerprint density at radius 2 is 1.06 bits per heavy atom. The fourth-order valence-corrected chi connectivity index (χ4v) is 6.57. The second kappa shape index (κ2) is 11.5. The summed E-state index contributed by atoms with van der Waals surface area (Å²) in [6.07, 6.45) is 0. The summed E-state index contributed by atoms with van der Waals surface area (Å²) in [5.41, 5.74) is 0.126. The van der Waals surface area contributed by atoms with Crippen LogP contribution in [-0.4, -0.2) is 9.97 Å². The second-order valence-corrected chi connectivity index (χ2v) is 12.0. The number of hydrogen-bond acceptors (Lipinski definition) is 2. The third-order valence-corrected chi connectivity index (χ3v) is 9.02. The molecule has 0 saturated carbocycles. The summed E-state index contributed by atoms with van der Waals surface area (Å²) in [6, 6.07) is 34.9. The minimum atomic E-state index is -3.51. The van der Waals surface area contributed by atoms with Crippen molar-refractivity contribution in [3.05, 3.63) is 181 Å². The Morgan fingerprint density at radius 3 is 1.82 bits per heavy atom. The van der Waals surface area contributed by atoms with Gasteiger partial charge in [-0.15, -0.1) is 0 Å². The molecule has 0 atom stereocenters. The summed E-state index contributed by atoms with van der Waals surface area (Å²) < 4.78 is 115. The second-order valence-electron chi connectivity index (χ2n) is 12.0. The van der Waals surface area contributed by atoms with Gasteiger partial charge in [0, 0.05) is 30.3 Å². The van der Waals surface area contributed by atoms with Gasteiger partial charge in [-0.1, -0.05) is 171 Å². The van der Waals surface area contributed by atoms with Gasteiger partial charge < -0.3 is 0 Å². The average molecular weight is 640 g/mol. The molecule has 0 aliphatic heterocycles. The van der Waals surface area contributed by atoms with E-state index in [1.165, 1.54) is 0 Å². The summed E-state index contributed by atoms with van der Waals surface area (Å²) in [6.45, 7) is -7.01. The van der Waals surface area contributed by atoms with Crippen molar-refractivity contribution in [2.75, 3.05) is 0 Å². The molecule has 8 aromatic rings. The van der Waals surface area contributed by atoms with Crippen LogP contribution in [0.4, 0.5) is 0 Å². The van der Waals surface area contributed by atoms with Gasteiger partial charge in [-0.25, -0.2) is 9.97 Å². The van der Waals surface area contributed by atoms with Gasteiger partial charge in [0.05, 0.1) is 21.0 Å². The molecule has 0 amide bonds. The van der Waals surface area contributed by atoms with Gasteiger partial charge in [0.15, 0.2) is 5.82 Å². The van der Waals surface area contributed by atoms with E-state index in [4.69, 9.17) is 23.7 Å². The van der Waals surface area contributed by atoms with Crippen molar-refractivity contribution in [3.63, 3.8) is 0 Å². The van der Waals surface area contributed by atoms with Crippen LogP contribution in [0.2, 0.25) is 0 Å². The Hall–Kier alpha value is -6.12. The molecule has 0 N–H and O–H groups in total. The molecule has 0 radical (unpaired) electrons. The number of aromatic nitrogens is 2. The maximum Gasteiger partial charge on any atom is 0.160 e. The molecular weight excluding hydrogens is 593 g/mol. The lowest BCUT2D eigenvalue weighted by molar-refractivity contribution is 0.660. The lowest BCUT2D eigenvalue weighted by Crippen LogP contribution is -2.14. The third-order valence-electron chi connectivity index (χ3n) is 9.02. The first-order chi connectivity index (χ1) is 29.5. The molecule has 9 rings (SSSR count). The Bertz CT molecular complexity index is 3090. The predicted octanol–water partition coefficient (Wildman–Crippen LogP) is 12.3. The fraction of sp³-hybridized carbons (Fsp3) is 0.0638. The van der Waals surface area contributed by atoms with E-state index in [0.717, 1.165) is 22.3 Å².